The van der Waals surface area contributed by atoms with E-state index in [9.17, 15) is 44.4 Å². The van der Waals surface area contributed by atoms with E-state index in [4.69, 9.17) is 28.4 Å². The second-order valence-corrected chi connectivity index (χ2v) is 18.4. The van der Waals surface area contributed by atoms with Gasteiger partial charge in [0.15, 0.2) is 17.8 Å². The van der Waals surface area contributed by atoms with Crippen molar-refractivity contribution in [2.24, 2.45) is 16.7 Å². The van der Waals surface area contributed by atoms with Gasteiger partial charge in [0.2, 0.25) is 0 Å². The van der Waals surface area contributed by atoms with Gasteiger partial charge in [-0.2, -0.15) is 0 Å². The van der Waals surface area contributed by atoms with Crippen LogP contribution in [0.5, 0.6) is 0 Å². The van der Waals surface area contributed by atoms with Crippen LogP contribution in [0, 0.1) is 16.7 Å². The van der Waals surface area contributed by atoms with Crippen molar-refractivity contribution >= 4 is 30.0 Å². The average Bonchev–Trinajstić information content (AvgIpc) is 3.20. The van der Waals surface area contributed by atoms with E-state index in [0.29, 0.717) is 12.0 Å². The van der Waals surface area contributed by atoms with Gasteiger partial charge in [0.25, 0.3) is 0 Å². The Labute approximate surface area is 360 Å². The number of hydrogen-bond donors (Lipinski definition) is 5. The summed E-state index contributed by atoms with van der Waals surface area (Å²) in [6.07, 6.45) is -12.3. The predicted molar refractivity (Wildman–Crippen MR) is 219 cm³/mol. The van der Waals surface area contributed by atoms with E-state index in [0.717, 1.165) is 6.92 Å². The Morgan fingerprint density at radius 1 is 0.919 bits per heavy atom. The number of benzene rings is 2. The second-order valence-electron chi connectivity index (χ2n) is 18.4. The molecule has 3 aliphatic carbocycles. The van der Waals surface area contributed by atoms with E-state index < -0.39 is 119 Å². The number of fused-ring (bicyclic) bond motifs is 5. The van der Waals surface area contributed by atoms with Crippen LogP contribution >= 0.6 is 0 Å². The lowest BCUT2D eigenvalue weighted by Crippen LogP contribution is -2.82. The summed E-state index contributed by atoms with van der Waals surface area (Å²) in [5, 5.41) is 52.9. The zero-order chi connectivity index (χ0) is 45.7. The summed E-state index contributed by atoms with van der Waals surface area (Å²) in [5.41, 5.74) is -7.69. The lowest BCUT2D eigenvalue weighted by Gasteiger charge is -2.69. The maximum Gasteiger partial charge on any atom is 0.408 e. The molecule has 1 heterocycles. The van der Waals surface area contributed by atoms with Gasteiger partial charge >= 0.3 is 30.0 Å². The van der Waals surface area contributed by atoms with E-state index in [2.05, 4.69) is 5.32 Å². The quantitative estimate of drug-likeness (QED) is 0.122. The Kier molecular flexibility index (Phi) is 12.8. The minimum absolute atomic E-state index is 0.0875. The summed E-state index contributed by atoms with van der Waals surface area (Å²) >= 11 is 0. The van der Waals surface area contributed by atoms with Crippen LogP contribution in [0.3, 0.4) is 0 Å². The molecule has 338 valence electrons. The van der Waals surface area contributed by atoms with Crippen molar-refractivity contribution in [2.75, 3.05) is 6.61 Å². The van der Waals surface area contributed by atoms with Crippen LogP contribution in [0.4, 0.5) is 4.79 Å². The molecule has 16 nitrogen and oxygen atoms in total. The monoisotopic (exact) mass is 865 g/mol. The fourth-order valence-corrected chi connectivity index (χ4v) is 10.1. The van der Waals surface area contributed by atoms with Gasteiger partial charge in [-0.1, -0.05) is 76.2 Å². The van der Waals surface area contributed by atoms with Gasteiger partial charge < -0.3 is 54.2 Å². The molecule has 62 heavy (non-hydrogen) atoms. The number of alkyl carbamates (subject to hydrolysis) is 1. The van der Waals surface area contributed by atoms with Crippen molar-refractivity contribution in [1.29, 1.82) is 0 Å². The molecular weight excluding hydrogens is 806 g/mol. The third-order valence-electron chi connectivity index (χ3n) is 13.9. The minimum atomic E-state index is -2.36. The number of esters is 4. The SMILES string of the molecule is CCC(C)(C)OC(=O)N[C@@H](c1ccccc1)[C@@H](O)C(=O)O[C@H]1C[C@@]2(O)[C@@H](OC(=O)c3ccccc3)[C@@H]3[C@]4(OC(C)=O)CO[C@@H]4C[C@H](O)[C@@]3(C)[C@@H](O)[C@H](OC(C)=O)C(=C1C)C2(C)C. The lowest BCUT2D eigenvalue weighted by molar-refractivity contribution is -0.365. The molecule has 6 rings (SSSR count). The van der Waals surface area contributed by atoms with Crippen molar-refractivity contribution in [2.45, 2.75) is 147 Å². The molecule has 1 amide bonds. The van der Waals surface area contributed by atoms with Gasteiger partial charge in [-0.15, -0.1) is 0 Å². The Morgan fingerprint density at radius 3 is 2.08 bits per heavy atom. The number of aliphatic hydroxyl groups excluding tert-OH is 3. The molecule has 0 radical (unpaired) electrons. The molecule has 2 aromatic carbocycles. The predicted octanol–water partition coefficient (Wildman–Crippen LogP) is 4.01. The number of rotatable bonds is 11. The Morgan fingerprint density at radius 2 is 1.53 bits per heavy atom. The highest BCUT2D eigenvalue weighted by Crippen LogP contribution is 2.65. The first-order valence-corrected chi connectivity index (χ1v) is 20.9. The van der Waals surface area contributed by atoms with Crippen LogP contribution in [-0.2, 0) is 42.8 Å². The number of amides is 1. The molecule has 4 aliphatic rings. The van der Waals surface area contributed by atoms with Gasteiger partial charge in [0, 0.05) is 37.5 Å². The normalized spacial score (nSPS) is 33.3. The number of aliphatic hydroxyl groups is 4. The van der Waals surface area contributed by atoms with Crippen LogP contribution in [0.15, 0.2) is 71.8 Å². The number of carbonyl (C=O) groups is 5. The highest BCUT2D eigenvalue weighted by Gasteiger charge is 2.78. The maximum absolute atomic E-state index is 14.3. The first-order chi connectivity index (χ1) is 28.9. The van der Waals surface area contributed by atoms with E-state index in [1.54, 1.807) is 83.1 Å². The molecule has 1 saturated heterocycles. The van der Waals surface area contributed by atoms with Crippen molar-refractivity contribution in [3.63, 3.8) is 0 Å². The summed E-state index contributed by atoms with van der Waals surface area (Å²) < 4.78 is 36.0. The molecular formula is C46H59NO15. The molecule has 2 bridgehead atoms. The van der Waals surface area contributed by atoms with E-state index in [1.165, 1.54) is 26.0 Å². The highest BCUT2D eigenvalue weighted by atomic mass is 16.6. The molecule has 2 aromatic rings. The molecule has 5 N–H and O–H groups in total. The third-order valence-corrected chi connectivity index (χ3v) is 13.9. The average molecular weight is 866 g/mol. The number of carbonyl (C=O) groups excluding carboxylic acids is 5. The van der Waals surface area contributed by atoms with E-state index >= 15 is 0 Å². The molecule has 1 aliphatic heterocycles. The molecule has 12 atom stereocenters. The Balaban J connectivity index is 1.53. The molecule has 2 saturated carbocycles. The summed E-state index contributed by atoms with van der Waals surface area (Å²) in [4.78, 5) is 67.8. The number of ether oxygens (including phenoxy) is 6. The molecule has 0 unspecified atom stereocenters. The van der Waals surface area contributed by atoms with E-state index in [-0.39, 0.29) is 29.7 Å². The zero-order valence-electron chi connectivity index (χ0n) is 36.6. The molecule has 0 spiro atoms. The summed E-state index contributed by atoms with van der Waals surface area (Å²) in [5.74, 6) is -5.19. The summed E-state index contributed by atoms with van der Waals surface area (Å²) in [6.45, 7) is 13.5. The topological polar surface area (TPSA) is 234 Å². The second kappa shape index (κ2) is 17.0. The fourth-order valence-electron chi connectivity index (χ4n) is 10.1. The zero-order valence-corrected chi connectivity index (χ0v) is 36.6. The first kappa shape index (κ1) is 46.6. The van der Waals surface area contributed by atoms with Gasteiger partial charge in [0.1, 0.15) is 35.6 Å². The van der Waals surface area contributed by atoms with Crippen LogP contribution in [0.25, 0.3) is 0 Å². The van der Waals surface area contributed by atoms with Gasteiger partial charge in [-0.05, 0) is 56.0 Å². The van der Waals surface area contributed by atoms with Gasteiger partial charge in [-0.25, -0.2) is 14.4 Å². The van der Waals surface area contributed by atoms with Crippen LogP contribution in [0.2, 0.25) is 0 Å². The van der Waals surface area contributed by atoms with Crippen LogP contribution < -0.4 is 5.32 Å². The third kappa shape index (κ3) is 8.00. The van der Waals surface area contributed by atoms with Crippen molar-refractivity contribution in [3.05, 3.63) is 82.9 Å². The highest BCUT2D eigenvalue weighted by molar-refractivity contribution is 5.89. The van der Waals surface area contributed by atoms with Gasteiger partial charge in [-0.3, -0.25) is 9.59 Å². The van der Waals surface area contributed by atoms with Crippen molar-refractivity contribution in [1.82, 2.24) is 5.32 Å². The molecule has 3 fully saturated rings. The lowest BCUT2D eigenvalue weighted by atomic mass is 9.44. The number of nitrogens with one attached hydrogen (secondary N) is 1. The molecule has 0 aromatic heterocycles. The van der Waals surface area contributed by atoms with Crippen LogP contribution in [-0.4, -0.2) is 117 Å². The van der Waals surface area contributed by atoms with Crippen molar-refractivity contribution in [3.8, 4) is 0 Å². The largest absolute Gasteiger partial charge is 0.456 e. The Bertz CT molecular complexity index is 2070. The minimum Gasteiger partial charge on any atom is -0.456 e. The summed E-state index contributed by atoms with van der Waals surface area (Å²) in [6, 6.07) is 14.7. The van der Waals surface area contributed by atoms with Crippen molar-refractivity contribution < 1.29 is 72.8 Å². The van der Waals surface area contributed by atoms with Crippen LogP contribution in [0.1, 0.15) is 104 Å². The fraction of sp³-hybridized carbons (Fsp3) is 0.587. The maximum atomic E-state index is 14.3. The smallest absolute Gasteiger partial charge is 0.408 e. The first-order valence-electron chi connectivity index (χ1n) is 20.9. The standard InChI is InChI=1S/C46H59NO15/c1-10-42(5,6)62-41(55)47-33(27-17-13-11-14-18-27)34(51)40(54)59-29-22-46(56)38(60-39(53)28-19-15-12-16-20-28)36-44(9,30(50)21-31-45(36,23-57-31)61-26(4)49)37(52)35(58-25(3)48)32(24(29)2)43(46,7)8/h11-20,29-31,33-38,50-52,56H,10,21-23H2,1-9H3,(H,47,55)/t29-,30-,31+,33-,34+,35+,36-,37-,38-,44+,45-,46+/m0/s1. The Hall–Kier alpha value is -4.87. The number of hydrogen-bond acceptors (Lipinski definition) is 15. The van der Waals surface area contributed by atoms with Gasteiger partial charge in [0.05, 0.1) is 30.2 Å². The molecule has 16 heteroatoms. The van der Waals surface area contributed by atoms with E-state index in [1.807, 2.05) is 6.92 Å². The summed E-state index contributed by atoms with van der Waals surface area (Å²) in [7, 11) is 0.